The highest BCUT2D eigenvalue weighted by atomic mass is 79.9. The van der Waals surface area contributed by atoms with E-state index in [0.29, 0.717) is 5.57 Å². The number of ether oxygens (including phenoxy) is 1. The summed E-state index contributed by atoms with van der Waals surface area (Å²) in [5.41, 5.74) is 1.23. The van der Waals surface area contributed by atoms with Crippen LogP contribution in [0.2, 0.25) is 0 Å². The maximum absolute atomic E-state index is 12.1. The summed E-state index contributed by atoms with van der Waals surface area (Å²) in [5, 5.41) is 0. The van der Waals surface area contributed by atoms with E-state index in [4.69, 9.17) is 4.74 Å². The van der Waals surface area contributed by atoms with E-state index in [-0.39, 0.29) is 5.97 Å². The standard InChI is InChI=1S/C15H17BrO2/c1-12(13-8-4-2-5-9-13)14(17)18-15(16)10-6-3-7-11-15/h2,4-5,8-9H,1,3,6-7,10-11H2. The number of hydrogen-bond acceptors (Lipinski definition) is 2. The first-order valence-corrected chi connectivity index (χ1v) is 7.07. The SMILES string of the molecule is C=C(C(=O)OC1(Br)CCCCC1)c1ccccc1. The van der Waals surface area contributed by atoms with Crippen molar-refractivity contribution in [2.45, 2.75) is 36.6 Å². The van der Waals surface area contributed by atoms with Crippen molar-refractivity contribution in [1.29, 1.82) is 0 Å². The summed E-state index contributed by atoms with van der Waals surface area (Å²) in [6.07, 6.45) is 5.15. The number of esters is 1. The number of rotatable bonds is 3. The molecule has 0 amide bonds. The van der Waals surface area contributed by atoms with Crippen LogP contribution in [0, 0.1) is 0 Å². The summed E-state index contributed by atoms with van der Waals surface area (Å²) in [5.74, 6) is -0.333. The number of halogens is 1. The second-order valence-corrected chi connectivity index (χ2v) is 6.12. The molecule has 1 aliphatic carbocycles. The van der Waals surface area contributed by atoms with Gasteiger partial charge in [-0.2, -0.15) is 0 Å². The fourth-order valence-electron chi connectivity index (χ4n) is 2.17. The van der Waals surface area contributed by atoms with Crippen LogP contribution in [0.15, 0.2) is 36.9 Å². The van der Waals surface area contributed by atoms with Gasteiger partial charge in [0.05, 0.1) is 5.57 Å². The molecule has 2 nitrogen and oxygen atoms in total. The largest absolute Gasteiger partial charge is 0.444 e. The average molecular weight is 309 g/mol. The number of carbonyl (C=O) groups is 1. The van der Waals surface area contributed by atoms with Gasteiger partial charge in [0.15, 0.2) is 4.51 Å². The Kier molecular flexibility index (Phi) is 4.23. The summed E-state index contributed by atoms with van der Waals surface area (Å²) in [6.45, 7) is 3.83. The third-order valence-corrected chi connectivity index (χ3v) is 4.20. The molecule has 0 N–H and O–H groups in total. The summed E-state index contributed by atoms with van der Waals surface area (Å²) in [6, 6.07) is 9.42. The Morgan fingerprint density at radius 1 is 1.17 bits per heavy atom. The molecule has 0 heterocycles. The topological polar surface area (TPSA) is 26.3 Å². The molecule has 3 heteroatoms. The first-order valence-electron chi connectivity index (χ1n) is 6.27. The van der Waals surface area contributed by atoms with Crippen molar-refractivity contribution in [2.24, 2.45) is 0 Å². The van der Waals surface area contributed by atoms with E-state index in [0.717, 1.165) is 31.2 Å². The van der Waals surface area contributed by atoms with Gasteiger partial charge in [-0.25, -0.2) is 4.79 Å². The van der Waals surface area contributed by atoms with Crippen LogP contribution in [0.25, 0.3) is 5.57 Å². The van der Waals surface area contributed by atoms with Crippen LogP contribution < -0.4 is 0 Å². The molecular weight excluding hydrogens is 292 g/mol. The Balaban J connectivity index is 2.02. The van der Waals surface area contributed by atoms with Crippen molar-refractivity contribution in [2.75, 3.05) is 0 Å². The van der Waals surface area contributed by atoms with Crippen LogP contribution in [0.5, 0.6) is 0 Å². The van der Waals surface area contributed by atoms with E-state index in [2.05, 4.69) is 22.5 Å². The maximum Gasteiger partial charge on any atom is 0.339 e. The molecule has 1 fully saturated rings. The Morgan fingerprint density at radius 2 is 1.78 bits per heavy atom. The van der Waals surface area contributed by atoms with E-state index < -0.39 is 4.51 Å². The monoisotopic (exact) mass is 308 g/mol. The minimum absolute atomic E-state index is 0.333. The van der Waals surface area contributed by atoms with Gasteiger partial charge in [-0.15, -0.1) is 0 Å². The third kappa shape index (κ3) is 3.22. The van der Waals surface area contributed by atoms with E-state index in [9.17, 15) is 4.79 Å². The second-order valence-electron chi connectivity index (χ2n) is 4.68. The molecule has 1 aromatic rings. The molecule has 0 aromatic heterocycles. The van der Waals surface area contributed by atoms with Crippen molar-refractivity contribution in [3.63, 3.8) is 0 Å². The number of benzene rings is 1. The van der Waals surface area contributed by atoms with Gasteiger partial charge in [-0.3, -0.25) is 0 Å². The van der Waals surface area contributed by atoms with Gasteiger partial charge in [-0.05, 0) is 47.2 Å². The summed E-state index contributed by atoms with van der Waals surface area (Å²) >= 11 is 3.55. The first kappa shape index (κ1) is 13.3. The van der Waals surface area contributed by atoms with Gasteiger partial charge in [-0.1, -0.05) is 43.3 Å². The fourth-order valence-corrected chi connectivity index (χ4v) is 2.87. The van der Waals surface area contributed by atoms with Crippen molar-refractivity contribution in [3.05, 3.63) is 42.5 Å². The molecule has 0 atom stereocenters. The Hall–Kier alpha value is -1.09. The molecule has 1 aliphatic rings. The van der Waals surface area contributed by atoms with Gasteiger partial charge in [0.2, 0.25) is 0 Å². The Labute approximate surface area is 116 Å². The lowest BCUT2D eigenvalue weighted by atomic mass is 9.97. The highest BCUT2D eigenvalue weighted by molar-refractivity contribution is 9.10. The molecule has 2 rings (SSSR count). The predicted molar refractivity (Wildman–Crippen MR) is 76.3 cm³/mol. The lowest BCUT2D eigenvalue weighted by Crippen LogP contribution is -2.31. The van der Waals surface area contributed by atoms with E-state index in [1.807, 2.05) is 30.3 Å². The maximum atomic E-state index is 12.1. The highest BCUT2D eigenvalue weighted by Crippen LogP contribution is 2.37. The van der Waals surface area contributed by atoms with Gasteiger partial charge in [0.1, 0.15) is 0 Å². The average Bonchev–Trinajstić information content (AvgIpc) is 2.39. The lowest BCUT2D eigenvalue weighted by molar-refractivity contribution is -0.145. The van der Waals surface area contributed by atoms with Crippen LogP contribution in [0.3, 0.4) is 0 Å². The zero-order valence-corrected chi connectivity index (χ0v) is 11.9. The molecule has 1 saturated carbocycles. The molecule has 0 bridgehead atoms. The predicted octanol–water partition coefficient (Wildman–Crippen LogP) is 4.30. The Bertz CT molecular complexity index is 433. The quantitative estimate of drug-likeness (QED) is 0.473. The normalized spacial score (nSPS) is 18.1. The molecule has 0 aliphatic heterocycles. The van der Waals surface area contributed by atoms with Gasteiger partial charge in [0.25, 0.3) is 0 Å². The molecule has 1 aromatic carbocycles. The summed E-state index contributed by atoms with van der Waals surface area (Å²) < 4.78 is 5.09. The molecule has 96 valence electrons. The molecule has 18 heavy (non-hydrogen) atoms. The van der Waals surface area contributed by atoms with Crippen LogP contribution in [-0.2, 0) is 9.53 Å². The minimum atomic E-state index is -0.486. The Morgan fingerprint density at radius 3 is 2.39 bits per heavy atom. The van der Waals surface area contributed by atoms with Crippen molar-refractivity contribution in [1.82, 2.24) is 0 Å². The van der Waals surface area contributed by atoms with E-state index >= 15 is 0 Å². The number of alkyl halides is 1. The molecule has 0 radical (unpaired) electrons. The first-order chi connectivity index (χ1) is 8.61. The fraction of sp³-hybridized carbons (Fsp3) is 0.400. The van der Waals surface area contributed by atoms with E-state index in [1.54, 1.807) is 0 Å². The molecule has 0 spiro atoms. The smallest absolute Gasteiger partial charge is 0.339 e. The number of carbonyl (C=O) groups excluding carboxylic acids is 1. The van der Waals surface area contributed by atoms with E-state index in [1.165, 1.54) is 6.42 Å². The van der Waals surface area contributed by atoms with Crippen molar-refractivity contribution < 1.29 is 9.53 Å². The van der Waals surface area contributed by atoms with Gasteiger partial charge >= 0.3 is 5.97 Å². The zero-order chi connectivity index (χ0) is 13.0. The van der Waals surface area contributed by atoms with Crippen molar-refractivity contribution >= 4 is 27.5 Å². The van der Waals surface area contributed by atoms with Crippen LogP contribution in [0.1, 0.15) is 37.7 Å². The highest BCUT2D eigenvalue weighted by Gasteiger charge is 2.33. The summed E-state index contributed by atoms with van der Waals surface area (Å²) in [4.78, 5) is 12.1. The van der Waals surface area contributed by atoms with Crippen LogP contribution in [-0.4, -0.2) is 10.5 Å². The van der Waals surface area contributed by atoms with Crippen LogP contribution in [0.4, 0.5) is 0 Å². The molecule has 0 unspecified atom stereocenters. The van der Waals surface area contributed by atoms with Gasteiger partial charge < -0.3 is 4.74 Å². The van der Waals surface area contributed by atoms with Gasteiger partial charge in [0, 0.05) is 0 Å². The van der Waals surface area contributed by atoms with Crippen LogP contribution >= 0.6 is 15.9 Å². The lowest BCUT2D eigenvalue weighted by Gasteiger charge is -2.31. The molecule has 0 saturated heterocycles. The summed E-state index contributed by atoms with van der Waals surface area (Å²) in [7, 11) is 0. The number of hydrogen-bond donors (Lipinski definition) is 0. The minimum Gasteiger partial charge on any atom is -0.444 e. The zero-order valence-electron chi connectivity index (χ0n) is 10.3. The third-order valence-electron chi connectivity index (χ3n) is 3.24. The van der Waals surface area contributed by atoms with Crippen molar-refractivity contribution in [3.8, 4) is 0 Å². The molecular formula is C15H17BrO2. The second kappa shape index (κ2) is 5.70.